The molecule has 2 rings (SSSR count). The van der Waals surface area contributed by atoms with E-state index in [1.54, 1.807) is 17.4 Å². The summed E-state index contributed by atoms with van der Waals surface area (Å²) in [6, 6.07) is 5.54. The molecule has 0 atom stereocenters. The maximum absolute atomic E-state index is 9.40. The van der Waals surface area contributed by atoms with Crippen molar-refractivity contribution in [3.05, 3.63) is 29.1 Å². The summed E-state index contributed by atoms with van der Waals surface area (Å²) >= 11 is 1.73. The van der Waals surface area contributed by atoms with E-state index < -0.39 is 0 Å². The molecule has 0 aliphatic carbocycles. The first-order valence-corrected chi connectivity index (χ1v) is 5.38. The van der Waals surface area contributed by atoms with E-state index in [-0.39, 0.29) is 0 Å². The molecule has 0 bridgehead atoms. The Morgan fingerprint density at radius 3 is 2.86 bits per heavy atom. The number of aromatic hydroxyl groups is 1. The third kappa shape index (κ3) is 1.74. The molecule has 0 aliphatic heterocycles. The van der Waals surface area contributed by atoms with Crippen LogP contribution in [0, 0.1) is 0 Å². The first-order valence-electron chi connectivity index (χ1n) is 4.50. The van der Waals surface area contributed by atoms with Crippen molar-refractivity contribution in [2.24, 2.45) is 0 Å². The van der Waals surface area contributed by atoms with Gasteiger partial charge in [-0.3, -0.25) is 0 Å². The molecule has 2 aromatic rings. The van der Waals surface area contributed by atoms with Crippen molar-refractivity contribution < 1.29 is 5.11 Å². The smallest absolute Gasteiger partial charge is 0.116 e. The molecule has 3 heteroatoms. The van der Waals surface area contributed by atoms with Crippen molar-refractivity contribution in [2.75, 3.05) is 14.1 Å². The molecule has 0 spiro atoms. The Morgan fingerprint density at radius 1 is 1.36 bits per heavy atom. The van der Waals surface area contributed by atoms with E-state index >= 15 is 0 Å². The normalized spacial score (nSPS) is 11.4. The minimum Gasteiger partial charge on any atom is -0.508 e. The molecule has 2 nitrogen and oxygen atoms in total. The highest BCUT2D eigenvalue weighted by molar-refractivity contribution is 7.17. The number of benzene rings is 1. The zero-order valence-electron chi connectivity index (χ0n) is 8.32. The molecule has 0 fully saturated rings. The maximum Gasteiger partial charge on any atom is 0.116 e. The van der Waals surface area contributed by atoms with Crippen LogP contribution in [0.2, 0.25) is 0 Å². The highest BCUT2D eigenvalue weighted by Crippen LogP contribution is 2.29. The number of rotatable bonds is 2. The lowest BCUT2D eigenvalue weighted by Crippen LogP contribution is -2.09. The Kier molecular flexibility index (Phi) is 2.44. The van der Waals surface area contributed by atoms with E-state index in [1.807, 2.05) is 26.2 Å². The third-order valence-electron chi connectivity index (χ3n) is 2.12. The van der Waals surface area contributed by atoms with Gasteiger partial charge in [0.2, 0.25) is 0 Å². The second kappa shape index (κ2) is 3.59. The third-order valence-corrected chi connectivity index (χ3v) is 3.14. The van der Waals surface area contributed by atoms with Crippen LogP contribution in [0.1, 0.15) is 5.56 Å². The molecule has 0 radical (unpaired) electrons. The number of phenolic OH excluding ortho intramolecular Hbond substituents is 1. The van der Waals surface area contributed by atoms with E-state index in [0.717, 1.165) is 6.54 Å². The summed E-state index contributed by atoms with van der Waals surface area (Å²) in [7, 11) is 4.10. The maximum atomic E-state index is 9.40. The monoisotopic (exact) mass is 207 g/mol. The minimum atomic E-state index is 0.343. The zero-order valence-corrected chi connectivity index (χ0v) is 9.14. The summed E-state index contributed by atoms with van der Waals surface area (Å²) in [5.41, 5.74) is 1.28. The standard InChI is InChI=1S/C11H13NOS/c1-12(2)6-8-7-14-11-4-3-9(13)5-10(8)11/h3-5,7,13H,6H2,1-2H3. The number of thiophene rings is 1. The zero-order chi connectivity index (χ0) is 10.1. The van der Waals surface area contributed by atoms with Gasteiger partial charge in [0.15, 0.2) is 0 Å². The molecule has 1 aromatic heterocycles. The van der Waals surface area contributed by atoms with Gasteiger partial charge in [-0.15, -0.1) is 11.3 Å². The highest BCUT2D eigenvalue weighted by Gasteiger charge is 2.05. The predicted molar refractivity (Wildman–Crippen MR) is 60.9 cm³/mol. The summed E-state index contributed by atoms with van der Waals surface area (Å²) in [4.78, 5) is 2.13. The van der Waals surface area contributed by atoms with Crippen molar-refractivity contribution >= 4 is 21.4 Å². The molecule has 14 heavy (non-hydrogen) atoms. The number of hydrogen-bond donors (Lipinski definition) is 1. The SMILES string of the molecule is CN(C)Cc1csc2ccc(O)cc12. The second-order valence-corrected chi connectivity index (χ2v) is 4.59. The van der Waals surface area contributed by atoms with Crippen LogP contribution in [-0.4, -0.2) is 24.1 Å². The van der Waals surface area contributed by atoms with Crippen molar-refractivity contribution in [3.8, 4) is 5.75 Å². The fraction of sp³-hybridized carbons (Fsp3) is 0.273. The first kappa shape index (κ1) is 9.49. The minimum absolute atomic E-state index is 0.343. The summed E-state index contributed by atoms with van der Waals surface area (Å²) in [6.45, 7) is 0.920. The summed E-state index contributed by atoms with van der Waals surface area (Å²) in [5.74, 6) is 0.343. The van der Waals surface area contributed by atoms with Gasteiger partial charge >= 0.3 is 0 Å². The van der Waals surface area contributed by atoms with Gasteiger partial charge < -0.3 is 10.0 Å². The van der Waals surface area contributed by atoms with Crippen LogP contribution in [0.25, 0.3) is 10.1 Å². The Balaban J connectivity index is 2.50. The second-order valence-electron chi connectivity index (χ2n) is 3.68. The van der Waals surface area contributed by atoms with Crippen LogP contribution in [0.5, 0.6) is 5.75 Å². The first-order chi connectivity index (χ1) is 6.66. The van der Waals surface area contributed by atoms with Crippen LogP contribution in [-0.2, 0) is 6.54 Å². The van der Waals surface area contributed by atoms with Crippen LogP contribution in [0.4, 0.5) is 0 Å². The molecule has 0 amide bonds. The number of nitrogens with zero attached hydrogens (tertiary/aromatic N) is 1. The number of phenols is 1. The quantitative estimate of drug-likeness (QED) is 0.818. The fourth-order valence-corrected chi connectivity index (χ4v) is 2.47. The van der Waals surface area contributed by atoms with Crippen LogP contribution < -0.4 is 0 Å². The average Bonchev–Trinajstić information content (AvgIpc) is 2.47. The Hall–Kier alpha value is -1.06. The summed E-state index contributed by atoms with van der Waals surface area (Å²) in [6.07, 6.45) is 0. The largest absolute Gasteiger partial charge is 0.508 e. The lowest BCUT2D eigenvalue weighted by atomic mass is 10.1. The summed E-state index contributed by atoms with van der Waals surface area (Å²) < 4.78 is 1.24. The van der Waals surface area contributed by atoms with E-state index in [1.165, 1.54) is 15.6 Å². The van der Waals surface area contributed by atoms with Crippen molar-refractivity contribution in [2.45, 2.75) is 6.54 Å². The van der Waals surface area contributed by atoms with Crippen LogP contribution >= 0.6 is 11.3 Å². The van der Waals surface area contributed by atoms with Crippen molar-refractivity contribution in [1.29, 1.82) is 0 Å². The predicted octanol–water partition coefficient (Wildman–Crippen LogP) is 2.67. The average molecular weight is 207 g/mol. The van der Waals surface area contributed by atoms with Crippen molar-refractivity contribution in [1.82, 2.24) is 4.90 Å². The molecule has 0 saturated carbocycles. The highest BCUT2D eigenvalue weighted by atomic mass is 32.1. The lowest BCUT2D eigenvalue weighted by Gasteiger charge is -2.08. The van der Waals surface area contributed by atoms with E-state index in [9.17, 15) is 5.11 Å². The molecule has 1 N–H and O–H groups in total. The molecule has 0 aliphatic rings. The van der Waals surface area contributed by atoms with Gasteiger partial charge in [-0.1, -0.05) is 0 Å². The van der Waals surface area contributed by atoms with Gasteiger partial charge in [0.05, 0.1) is 0 Å². The van der Waals surface area contributed by atoms with Gasteiger partial charge in [-0.2, -0.15) is 0 Å². The molecule has 1 heterocycles. The van der Waals surface area contributed by atoms with Gasteiger partial charge in [0.1, 0.15) is 5.75 Å². The molecular weight excluding hydrogens is 194 g/mol. The van der Waals surface area contributed by atoms with E-state index in [4.69, 9.17) is 0 Å². The van der Waals surface area contributed by atoms with Gasteiger partial charge in [0.25, 0.3) is 0 Å². The van der Waals surface area contributed by atoms with Gasteiger partial charge in [-0.25, -0.2) is 0 Å². The Labute approximate surface area is 87.4 Å². The number of fused-ring (bicyclic) bond motifs is 1. The molecular formula is C11H13NOS. The molecule has 0 unspecified atom stereocenters. The molecule has 74 valence electrons. The molecule has 0 saturated heterocycles. The fourth-order valence-electron chi connectivity index (χ4n) is 1.53. The number of hydrogen-bond acceptors (Lipinski definition) is 3. The topological polar surface area (TPSA) is 23.5 Å². The van der Waals surface area contributed by atoms with Crippen LogP contribution in [0.3, 0.4) is 0 Å². The van der Waals surface area contributed by atoms with Gasteiger partial charge in [-0.05, 0) is 43.2 Å². The van der Waals surface area contributed by atoms with E-state index in [0.29, 0.717) is 5.75 Å². The Morgan fingerprint density at radius 2 is 2.14 bits per heavy atom. The van der Waals surface area contributed by atoms with E-state index in [2.05, 4.69) is 10.3 Å². The van der Waals surface area contributed by atoms with Crippen LogP contribution in [0.15, 0.2) is 23.6 Å². The van der Waals surface area contributed by atoms with Gasteiger partial charge in [0, 0.05) is 16.6 Å². The lowest BCUT2D eigenvalue weighted by molar-refractivity contribution is 0.404. The Bertz CT molecular complexity index is 447. The van der Waals surface area contributed by atoms with Crippen molar-refractivity contribution in [3.63, 3.8) is 0 Å². The molecule has 1 aromatic carbocycles. The summed E-state index contributed by atoms with van der Waals surface area (Å²) in [5, 5.41) is 12.7.